The van der Waals surface area contributed by atoms with Crippen LogP contribution in [0, 0.1) is 11.6 Å². The van der Waals surface area contributed by atoms with Crippen LogP contribution in [0.15, 0.2) is 65.6 Å². The van der Waals surface area contributed by atoms with Crippen molar-refractivity contribution in [3.63, 3.8) is 0 Å². The van der Waals surface area contributed by atoms with E-state index in [9.17, 15) is 22.0 Å². The van der Waals surface area contributed by atoms with Crippen molar-refractivity contribution in [3.8, 4) is 5.75 Å². The van der Waals surface area contributed by atoms with Gasteiger partial charge in [0, 0.05) is 16.9 Å². The number of hydrogen-bond acceptors (Lipinski definition) is 5. The van der Waals surface area contributed by atoms with E-state index in [1.165, 1.54) is 49.6 Å². The lowest BCUT2D eigenvalue weighted by Gasteiger charge is -2.14. The van der Waals surface area contributed by atoms with Crippen LogP contribution in [0.25, 0.3) is 0 Å². The number of nitrogens with two attached hydrogens (primary N) is 1. The molecule has 0 aliphatic heterocycles. The van der Waals surface area contributed by atoms with Gasteiger partial charge in [-0.3, -0.25) is 9.52 Å². The van der Waals surface area contributed by atoms with Crippen molar-refractivity contribution in [1.82, 2.24) is 0 Å². The van der Waals surface area contributed by atoms with Crippen LogP contribution in [0.3, 0.4) is 0 Å². The minimum Gasteiger partial charge on any atom is -0.495 e. The highest BCUT2D eigenvalue weighted by Gasteiger charge is 2.18. The van der Waals surface area contributed by atoms with Crippen molar-refractivity contribution >= 4 is 33.0 Å². The summed E-state index contributed by atoms with van der Waals surface area (Å²) in [7, 11) is -2.60. The van der Waals surface area contributed by atoms with E-state index in [1.807, 2.05) is 0 Å². The molecule has 0 aliphatic rings. The third-order valence-corrected chi connectivity index (χ3v) is 5.46. The summed E-state index contributed by atoms with van der Waals surface area (Å²) in [5.41, 5.74) is 6.16. The van der Waals surface area contributed by atoms with Gasteiger partial charge in [0.2, 0.25) is 0 Å². The zero-order chi connectivity index (χ0) is 21.9. The fourth-order valence-corrected chi connectivity index (χ4v) is 3.62. The van der Waals surface area contributed by atoms with Gasteiger partial charge in [-0.15, -0.1) is 0 Å². The highest BCUT2D eigenvalue weighted by atomic mass is 32.2. The number of methoxy groups -OCH3 is 1. The van der Waals surface area contributed by atoms with Crippen molar-refractivity contribution in [2.45, 2.75) is 4.90 Å². The van der Waals surface area contributed by atoms with Gasteiger partial charge in [0.1, 0.15) is 5.75 Å². The maximum atomic E-state index is 13.4. The van der Waals surface area contributed by atoms with E-state index in [0.717, 1.165) is 18.2 Å². The maximum Gasteiger partial charge on any atom is 0.262 e. The Labute approximate surface area is 171 Å². The number of carbonyl (C=O) groups is 1. The number of anilines is 3. The molecule has 4 N–H and O–H groups in total. The number of rotatable bonds is 6. The minimum atomic E-state index is -3.96. The molecule has 0 heterocycles. The van der Waals surface area contributed by atoms with Crippen molar-refractivity contribution in [2.75, 3.05) is 22.9 Å². The van der Waals surface area contributed by atoms with Crippen LogP contribution in [0.1, 0.15) is 10.4 Å². The van der Waals surface area contributed by atoms with E-state index in [-0.39, 0.29) is 27.6 Å². The maximum absolute atomic E-state index is 13.4. The van der Waals surface area contributed by atoms with E-state index in [1.54, 1.807) is 0 Å². The van der Waals surface area contributed by atoms with Gasteiger partial charge in [0.25, 0.3) is 15.9 Å². The van der Waals surface area contributed by atoms with E-state index in [0.29, 0.717) is 5.69 Å². The first kappa shape index (κ1) is 21.1. The summed E-state index contributed by atoms with van der Waals surface area (Å²) in [6, 6.07) is 12.6. The fourth-order valence-electron chi connectivity index (χ4n) is 2.56. The standard InChI is InChI=1S/C20H17F2N3O4S/c1-29-19-9-5-14(24-20(26)12-2-8-16(21)17(22)10-12)11-18(19)25-30(27,28)15-6-3-13(23)4-7-15/h2-11,25H,23H2,1H3,(H,24,26). The molecule has 0 atom stereocenters. The van der Waals surface area contributed by atoms with Crippen molar-refractivity contribution in [1.29, 1.82) is 0 Å². The number of ether oxygens (including phenoxy) is 1. The molecule has 0 saturated carbocycles. The number of amides is 1. The molecule has 0 aliphatic carbocycles. The Kier molecular flexibility index (Phi) is 5.88. The number of benzene rings is 3. The molecule has 0 saturated heterocycles. The number of carbonyl (C=O) groups excluding carboxylic acids is 1. The molecule has 3 rings (SSSR count). The smallest absolute Gasteiger partial charge is 0.262 e. The lowest BCUT2D eigenvalue weighted by molar-refractivity contribution is 0.102. The van der Waals surface area contributed by atoms with Gasteiger partial charge in [-0.2, -0.15) is 0 Å². The van der Waals surface area contributed by atoms with Gasteiger partial charge in [0.05, 0.1) is 17.7 Å². The van der Waals surface area contributed by atoms with E-state index in [2.05, 4.69) is 10.0 Å². The van der Waals surface area contributed by atoms with Crippen molar-refractivity contribution in [2.24, 2.45) is 0 Å². The Balaban J connectivity index is 1.87. The lowest BCUT2D eigenvalue weighted by atomic mass is 10.2. The summed E-state index contributed by atoms with van der Waals surface area (Å²) in [6.45, 7) is 0. The summed E-state index contributed by atoms with van der Waals surface area (Å²) < 4.78 is 59.2. The molecule has 3 aromatic rings. The number of nitrogens with one attached hydrogen (secondary N) is 2. The third kappa shape index (κ3) is 4.66. The van der Waals surface area contributed by atoms with Gasteiger partial charge >= 0.3 is 0 Å². The molecule has 7 nitrogen and oxygen atoms in total. The van der Waals surface area contributed by atoms with E-state index < -0.39 is 27.6 Å². The first-order valence-corrected chi connectivity index (χ1v) is 10.0. The highest BCUT2D eigenvalue weighted by molar-refractivity contribution is 7.92. The topological polar surface area (TPSA) is 111 Å². The molecule has 0 aromatic heterocycles. The number of sulfonamides is 1. The normalized spacial score (nSPS) is 11.0. The summed E-state index contributed by atoms with van der Waals surface area (Å²) in [5, 5.41) is 2.49. The molecule has 3 aromatic carbocycles. The molecule has 0 unspecified atom stereocenters. The van der Waals surface area contributed by atoms with E-state index >= 15 is 0 Å². The van der Waals surface area contributed by atoms with Crippen LogP contribution in [0.4, 0.5) is 25.8 Å². The zero-order valence-corrected chi connectivity index (χ0v) is 16.5. The highest BCUT2D eigenvalue weighted by Crippen LogP contribution is 2.30. The molecule has 0 radical (unpaired) electrons. The largest absolute Gasteiger partial charge is 0.495 e. The predicted octanol–water partition coefficient (Wildman–Crippen LogP) is 3.61. The first-order chi connectivity index (χ1) is 14.2. The van der Waals surface area contributed by atoms with E-state index in [4.69, 9.17) is 10.5 Å². The molecular weight excluding hydrogens is 416 g/mol. The Hall–Kier alpha value is -3.66. The second kappa shape index (κ2) is 8.37. The summed E-state index contributed by atoms with van der Waals surface area (Å²) in [4.78, 5) is 12.3. The summed E-state index contributed by atoms with van der Waals surface area (Å²) >= 11 is 0. The van der Waals surface area contributed by atoms with Crippen LogP contribution in [0.5, 0.6) is 5.75 Å². The average Bonchev–Trinajstić information content (AvgIpc) is 2.70. The molecular formula is C20H17F2N3O4S. The van der Waals surface area contributed by atoms with Crippen LogP contribution < -0.4 is 20.5 Å². The third-order valence-electron chi connectivity index (χ3n) is 4.07. The number of halogens is 2. The summed E-state index contributed by atoms with van der Waals surface area (Å²) in [5.74, 6) is -2.73. The molecule has 10 heteroatoms. The second-order valence-corrected chi connectivity index (χ2v) is 7.86. The van der Waals surface area contributed by atoms with Gasteiger partial charge in [-0.05, 0) is 60.7 Å². The SMILES string of the molecule is COc1ccc(NC(=O)c2ccc(F)c(F)c2)cc1NS(=O)(=O)c1ccc(N)cc1. The summed E-state index contributed by atoms with van der Waals surface area (Å²) in [6.07, 6.45) is 0. The monoisotopic (exact) mass is 433 g/mol. The fraction of sp³-hybridized carbons (Fsp3) is 0.0500. The van der Waals surface area contributed by atoms with Gasteiger partial charge in [-0.25, -0.2) is 17.2 Å². The van der Waals surface area contributed by atoms with Gasteiger partial charge < -0.3 is 15.8 Å². The van der Waals surface area contributed by atoms with Crippen LogP contribution in [0.2, 0.25) is 0 Å². The van der Waals surface area contributed by atoms with Crippen LogP contribution in [-0.4, -0.2) is 21.4 Å². The number of nitrogen functional groups attached to an aromatic ring is 1. The lowest BCUT2D eigenvalue weighted by Crippen LogP contribution is -2.15. The quantitative estimate of drug-likeness (QED) is 0.515. The molecule has 156 valence electrons. The molecule has 0 bridgehead atoms. The molecule has 1 amide bonds. The Morgan fingerprint density at radius 3 is 2.30 bits per heavy atom. The second-order valence-electron chi connectivity index (χ2n) is 6.17. The first-order valence-electron chi connectivity index (χ1n) is 8.52. The molecule has 0 spiro atoms. The van der Waals surface area contributed by atoms with Crippen LogP contribution in [-0.2, 0) is 10.0 Å². The van der Waals surface area contributed by atoms with Gasteiger partial charge in [-0.1, -0.05) is 0 Å². The van der Waals surface area contributed by atoms with Gasteiger partial charge in [0.15, 0.2) is 11.6 Å². The predicted molar refractivity (Wildman–Crippen MR) is 109 cm³/mol. The molecule has 0 fully saturated rings. The van der Waals surface area contributed by atoms with Crippen LogP contribution >= 0.6 is 0 Å². The van der Waals surface area contributed by atoms with Crippen molar-refractivity contribution < 1.29 is 26.7 Å². The molecule has 30 heavy (non-hydrogen) atoms. The Morgan fingerprint density at radius 2 is 1.67 bits per heavy atom. The average molecular weight is 433 g/mol. The Morgan fingerprint density at radius 1 is 0.967 bits per heavy atom. The zero-order valence-electron chi connectivity index (χ0n) is 15.6. The Bertz CT molecular complexity index is 1200. The minimum absolute atomic E-state index is 0.0185. The van der Waals surface area contributed by atoms with Crippen molar-refractivity contribution in [3.05, 3.63) is 77.9 Å². The number of hydrogen-bond donors (Lipinski definition) is 3.